The number of carbonyl (C=O) groups is 1. The number of hydrogen-bond acceptors (Lipinski definition) is 2. The summed E-state index contributed by atoms with van der Waals surface area (Å²) in [7, 11) is 0. The van der Waals surface area contributed by atoms with E-state index in [1.54, 1.807) is 0 Å². The minimum absolute atomic E-state index is 0.134. The van der Waals surface area contributed by atoms with Gasteiger partial charge in [-0.1, -0.05) is 13.3 Å². The summed E-state index contributed by atoms with van der Waals surface area (Å²) in [4.78, 5) is 11.0. The molecule has 3 N–H and O–H groups in total. The molecule has 1 fully saturated rings. The Balaban J connectivity index is 2.24. The molecule has 0 spiro atoms. The first-order chi connectivity index (χ1) is 5.72. The van der Waals surface area contributed by atoms with Gasteiger partial charge in [-0.05, 0) is 24.8 Å². The Kier molecular flexibility index (Phi) is 3.09. The van der Waals surface area contributed by atoms with Crippen molar-refractivity contribution in [1.29, 1.82) is 0 Å². The van der Waals surface area contributed by atoms with Crippen LogP contribution in [-0.2, 0) is 4.79 Å². The summed E-state index contributed by atoms with van der Waals surface area (Å²) in [5.74, 6) is 0.134. The summed E-state index contributed by atoms with van der Waals surface area (Å²) in [6.45, 7) is 3.35. The molecule has 0 bridgehead atoms. The van der Waals surface area contributed by atoms with E-state index in [1.165, 1.54) is 19.3 Å². The largest absolute Gasteiger partial charge is 0.356 e. The van der Waals surface area contributed by atoms with Crippen LogP contribution in [0.4, 0.5) is 0 Å². The van der Waals surface area contributed by atoms with E-state index in [9.17, 15) is 4.79 Å². The van der Waals surface area contributed by atoms with Gasteiger partial charge in [-0.3, -0.25) is 4.79 Å². The lowest BCUT2D eigenvalue weighted by molar-refractivity contribution is -0.121. The molecule has 3 nitrogen and oxygen atoms in total. The Morgan fingerprint density at radius 2 is 2.25 bits per heavy atom. The van der Waals surface area contributed by atoms with Crippen LogP contribution in [0.5, 0.6) is 0 Å². The second-order valence-corrected chi connectivity index (χ2v) is 3.69. The molecule has 0 aromatic rings. The van der Waals surface area contributed by atoms with Crippen LogP contribution in [0, 0.1) is 5.41 Å². The summed E-state index contributed by atoms with van der Waals surface area (Å²) in [5.41, 5.74) is 5.89. The lowest BCUT2D eigenvalue weighted by atomic mass is 9.69. The Labute approximate surface area is 73.7 Å². The Hall–Kier alpha value is -0.570. The smallest absolute Gasteiger partial charge is 0.219 e. The number of hydrogen-bond donors (Lipinski definition) is 2. The van der Waals surface area contributed by atoms with Crippen LogP contribution in [0.1, 0.15) is 32.6 Å². The summed E-state index contributed by atoms with van der Waals surface area (Å²) < 4.78 is 0. The molecule has 1 saturated carbocycles. The predicted octanol–water partition coefficient (Wildman–Crippen LogP) is 0.642. The molecule has 0 radical (unpaired) electrons. The van der Waals surface area contributed by atoms with Gasteiger partial charge in [0.15, 0.2) is 0 Å². The van der Waals surface area contributed by atoms with Crippen LogP contribution >= 0.6 is 0 Å². The van der Waals surface area contributed by atoms with Crippen LogP contribution in [-0.4, -0.2) is 19.0 Å². The summed E-state index contributed by atoms with van der Waals surface area (Å²) in [6.07, 6.45) is 4.18. The minimum Gasteiger partial charge on any atom is -0.356 e. The molecule has 12 heavy (non-hydrogen) atoms. The fourth-order valence-electron chi connectivity index (χ4n) is 1.54. The first-order valence-electron chi connectivity index (χ1n) is 4.69. The van der Waals surface area contributed by atoms with Gasteiger partial charge in [0.2, 0.25) is 5.91 Å². The van der Waals surface area contributed by atoms with E-state index < -0.39 is 0 Å². The maximum atomic E-state index is 11.0. The Morgan fingerprint density at radius 1 is 1.58 bits per heavy atom. The summed E-state index contributed by atoms with van der Waals surface area (Å²) in [5, 5.41) is 2.91. The van der Waals surface area contributed by atoms with Gasteiger partial charge in [0, 0.05) is 13.0 Å². The van der Waals surface area contributed by atoms with Crippen molar-refractivity contribution in [2.24, 2.45) is 11.1 Å². The predicted molar refractivity (Wildman–Crippen MR) is 48.6 cm³/mol. The quantitative estimate of drug-likeness (QED) is 0.650. The zero-order valence-corrected chi connectivity index (χ0v) is 7.73. The van der Waals surface area contributed by atoms with Crippen LogP contribution in [0.2, 0.25) is 0 Å². The first-order valence-corrected chi connectivity index (χ1v) is 4.69. The van der Waals surface area contributed by atoms with Crippen molar-refractivity contribution in [3.63, 3.8) is 0 Å². The monoisotopic (exact) mass is 170 g/mol. The van der Waals surface area contributed by atoms with Crippen molar-refractivity contribution in [3.05, 3.63) is 0 Å². The molecule has 0 heterocycles. The van der Waals surface area contributed by atoms with Crippen LogP contribution in [0.25, 0.3) is 0 Å². The molecule has 70 valence electrons. The van der Waals surface area contributed by atoms with E-state index in [-0.39, 0.29) is 11.3 Å². The highest BCUT2D eigenvalue weighted by Crippen LogP contribution is 2.38. The fourth-order valence-corrected chi connectivity index (χ4v) is 1.54. The molecular weight excluding hydrogens is 152 g/mol. The van der Waals surface area contributed by atoms with E-state index in [2.05, 4.69) is 5.32 Å². The van der Waals surface area contributed by atoms with Crippen molar-refractivity contribution < 1.29 is 4.79 Å². The van der Waals surface area contributed by atoms with Crippen molar-refractivity contribution in [3.8, 4) is 0 Å². The zero-order valence-electron chi connectivity index (χ0n) is 7.73. The second-order valence-electron chi connectivity index (χ2n) is 3.69. The number of carbonyl (C=O) groups excluding carboxylic acids is 1. The van der Waals surface area contributed by atoms with Gasteiger partial charge >= 0.3 is 0 Å². The van der Waals surface area contributed by atoms with Gasteiger partial charge in [-0.15, -0.1) is 0 Å². The highest BCUT2D eigenvalue weighted by atomic mass is 16.1. The molecule has 0 aliphatic heterocycles. The van der Waals surface area contributed by atoms with Crippen molar-refractivity contribution in [2.45, 2.75) is 32.6 Å². The lowest BCUT2D eigenvalue weighted by Gasteiger charge is -2.40. The van der Waals surface area contributed by atoms with Crippen LogP contribution in [0.3, 0.4) is 0 Å². The third-order valence-electron chi connectivity index (χ3n) is 2.83. The van der Waals surface area contributed by atoms with Crippen LogP contribution in [0.15, 0.2) is 0 Å². The van der Waals surface area contributed by atoms with Crippen molar-refractivity contribution >= 4 is 5.91 Å². The molecule has 0 unspecified atom stereocenters. The lowest BCUT2D eigenvalue weighted by Crippen LogP contribution is -2.46. The van der Waals surface area contributed by atoms with E-state index >= 15 is 0 Å². The number of nitrogens with one attached hydrogen (secondary N) is 1. The highest BCUT2D eigenvalue weighted by Gasteiger charge is 2.35. The van der Waals surface area contributed by atoms with E-state index in [4.69, 9.17) is 5.73 Å². The van der Waals surface area contributed by atoms with Crippen LogP contribution < -0.4 is 11.1 Å². The molecular formula is C9H18N2O. The van der Waals surface area contributed by atoms with E-state index in [0.717, 1.165) is 6.54 Å². The Bertz CT molecular complexity index is 158. The fraction of sp³-hybridized carbons (Fsp3) is 0.889. The minimum atomic E-state index is 0.134. The molecule has 1 rings (SSSR count). The maximum Gasteiger partial charge on any atom is 0.219 e. The van der Waals surface area contributed by atoms with Gasteiger partial charge in [0.25, 0.3) is 0 Å². The second kappa shape index (κ2) is 3.90. The molecule has 0 saturated heterocycles. The average Bonchev–Trinajstić information content (AvgIpc) is 2.03. The molecule has 3 heteroatoms. The first kappa shape index (κ1) is 9.52. The topological polar surface area (TPSA) is 55.1 Å². The molecule has 1 aliphatic rings. The number of amides is 1. The van der Waals surface area contributed by atoms with E-state index in [1.807, 2.05) is 6.92 Å². The van der Waals surface area contributed by atoms with Gasteiger partial charge in [0.05, 0.1) is 0 Å². The van der Waals surface area contributed by atoms with Gasteiger partial charge < -0.3 is 11.1 Å². The zero-order chi connectivity index (χ0) is 9.03. The highest BCUT2D eigenvalue weighted by molar-refractivity contribution is 5.75. The Morgan fingerprint density at radius 3 is 2.58 bits per heavy atom. The van der Waals surface area contributed by atoms with Gasteiger partial charge in [-0.25, -0.2) is 0 Å². The number of nitrogens with two attached hydrogens (primary N) is 1. The average molecular weight is 170 g/mol. The number of rotatable bonds is 4. The normalized spacial score (nSPS) is 19.8. The van der Waals surface area contributed by atoms with Crippen molar-refractivity contribution in [1.82, 2.24) is 5.32 Å². The third kappa shape index (κ3) is 1.97. The third-order valence-corrected chi connectivity index (χ3v) is 2.83. The standard InChI is InChI=1S/C9H18N2O/c1-2-8(12)11-7-9(6-10)4-3-5-9/h2-7,10H2,1H3,(H,11,12). The maximum absolute atomic E-state index is 11.0. The molecule has 0 aromatic carbocycles. The van der Waals surface area contributed by atoms with Gasteiger partial charge in [-0.2, -0.15) is 0 Å². The summed E-state index contributed by atoms with van der Waals surface area (Å²) >= 11 is 0. The van der Waals surface area contributed by atoms with Crippen molar-refractivity contribution in [2.75, 3.05) is 13.1 Å². The van der Waals surface area contributed by atoms with E-state index in [0.29, 0.717) is 13.0 Å². The molecule has 0 atom stereocenters. The van der Waals surface area contributed by atoms with Gasteiger partial charge in [0.1, 0.15) is 0 Å². The molecule has 1 aliphatic carbocycles. The SMILES string of the molecule is CCC(=O)NCC1(CN)CCC1. The summed E-state index contributed by atoms with van der Waals surface area (Å²) in [6, 6.07) is 0. The molecule has 0 aromatic heterocycles. The molecule has 1 amide bonds.